The zero-order chi connectivity index (χ0) is 16.9. The molecule has 0 atom stereocenters. The summed E-state index contributed by atoms with van der Waals surface area (Å²) in [6, 6.07) is 16.2. The Morgan fingerprint density at radius 2 is 1.92 bits per heavy atom. The number of nitrogens with one attached hydrogen (secondary N) is 1. The molecule has 1 aromatic heterocycles. The van der Waals surface area contributed by atoms with Crippen molar-refractivity contribution in [2.24, 2.45) is 0 Å². The van der Waals surface area contributed by atoms with Crippen LogP contribution in [0.25, 0.3) is 10.2 Å². The molecule has 0 saturated heterocycles. The molecular formula is C19H21N3OS. The normalized spacial score (nSPS) is 11.1. The van der Waals surface area contributed by atoms with Crippen molar-refractivity contribution in [3.05, 3.63) is 64.7 Å². The number of carbonyl (C=O) groups is 1. The first kappa shape index (κ1) is 16.6. The molecule has 124 valence electrons. The molecule has 0 fully saturated rings. The van der Waals surface area contributed by atoms with E-state index >= 15 is 0 Å². The molecule has 1 amide bonds. The van der Waals surface area contributed by atoms with Gasteiger partial charge in [-0.2, -0.15) is 0 Å². The largest absolute Gasteiger partial charge is 0.351 e. The Labute approximate surface area is 146 Å². The molecule has 0 bridgehead atoms. The highest BCUT2D eigenvalue weighted by Gasteiger charge is 2.10. The lowest BCUT2D eigenvalue weighted by Gasteiger charge is -2.15. The molecule has 0 spiro atoms. The first-order chi connectivity index (χ1) is 11.6. The van der Waals surface area contributed by atoms with E-state index in [9.17, 15) is 4.79 Å². The van der Waals surface area contributed by atoms with Crippen LogP contribution in [0.3, 0.4) is 0 Å². The van der Waals surface area contributed by atoms with Gasteiger partial charge in [0.25, 0.3) is 0 Å². The number of fused-ring (bicyclic) bond motifs is 1. The number of benzene rings is 2. The minimum Gasteiger partial charge on any atom is -0.351 e. The summed E-state index contributed by atoms with van der Waals surface area (Å²) in [6.45, 7) is 3.67. The molecule has 2 aromatic carbocycles. The molecule has 0 aliphatic heterocycles. The number of aryl methyl sites for hydroxylation is 1. The summed E-state index contributed by atoms with van der Waals surface area (Å²) in [4.78, 5) is 18.7. The summed E-state index contributed by atoms with van der Waals surface area (Å²) < 4.78 is 1.19. The first-order valence-corrected chi connectivity index (χ1v) is 8.77. The fraction of sp³-hybridized carbons (Fsp3) is 0.263. The summed E-state index contributed by atoms with van der Waals surface area (Å²) in [6.07, 6.45) is 0. The second-order valence-corrected chi connectivity index (χ2v) is 7.07. The van der Waals surface area contributed by atoms with Crippen LogP contribution < -0.4 is 5.32 Å². The van der Waals surface area contributed by atoms with Crippen LogP contribution in [0.4, 0.5) is 0 Å². The fourth-order valence-corrected chi connectivity index (χ4v) is 3.63. The summed E-state index contributed by atoms with van der Waals surface area (Å²) in [5.41, 5.74) is 3.37. The molecule has 4 nitrogen and oxygen atoms in total. The van der Waals surface area contributed by atoms with Crippen molar-refractivity contribution >= 4 is 27.5 Å². The van der Waals surface area contributed by atoms with Crippen molar-refractivity contribution in [2.75, 3.05) is 13.6 Å². The number of hydrogen-bond donors (Lipinski definition) is 1. The third-order valence-corrected chi connectivity index (χ3v) is 4.92. The van der Waals surface area contributed by atoms with E-state index in [-0.39, 0.29) is 5.91 Å². The second kappa shape index (κ2) is 7.55. The molecule has 0 radical (unpaired) electrons. The van der Waals surface area contributed by atoms with E-state index < -0.39 is 0 Å². The van der Waals surface area contributed by atoms with E-state index in [1.54, 1.807) is 11.3 Å². The van der Waals surface area contributed by atoms with E-state index in [1.165, 1.54) is 10.3 Å². The second-order valence-electron chi connectivity index (χ2n) is 5.95. The van der Waals surface area contributed by atoms with Crippen LogP contribution in [0.2, 0.25) is 0 Å². The number of carbonyl (C=O) groups excluding carboxylic acids is 1. The lowest BCUT2D eigenvalue weighted by molar-refractivity contribution is -0.122. The molecule has 1 N–H and O–H groups in total. The lowest BCUT2D eigenvalue weighted by Crippen LogP contribution is -2.34. The van der Waals surface area contributed by atoms with Crippen molar-refractivity contribution in [1.29, 1.82) is 0 Å². The van der Waals surface area contributed by atoms with Gasteiger partial charge < -0.3 is 5.32 Å². The Morgan fingerprint density at radius 3 is 2.71 bits per heavy atom. The molecule has 0 saturated carbocycles. The maximum atomic E-state index is 12.1. The van der Waals surface area contributed by atoms with Gasteiger partial charge in [0.15, 0.2) is 0 Å². The van der Waals surface area contributed by atoms with Crippen molar-refractivity contribution in [2.45, 2.75) is 20.0 Å². The van der Waals surface area contributed by atoms with Gasteiger partial charge >= 0.3 is 0 Å². The molecule has 0 aliphatic rings. The number of likely N-dealkylation sites (N-methyl/N-ethyl adjacent to an activating group) is 1. The van der Waals surface area contributed by atoms with E-state index in [4.69, 9.17) is 0 Å². The summed E-state index contributed by atoms with van der Waals surface area (Å²) in [7, 11) is 1.94. The summed E-state index contributed by atoms with van der Waals surface area (Å²) >= 11 is 1.68. The Bertz CT molecular complexity index is 810. The van der Waals surface area contributed by atoms with Crippen LogP contribution in [-0.4, -0.2) is 29.4 Å². The van der Waals surface area contributed by atoms with Crippen LogP contribution in [0, 0.1) is 6.92 Å². The quantitative estimate of drug-likeness (QED) is 0.749. The summed E-state index contributed by atoms with van der Waals surface area (Å²) in [5, 5.41) is 4.02. The zero-order valence-electron chi connectivity index (χ0n) is 14.0. The molecule has 0 aliphatic carbocycles. The number of aromatic nitrogens is 1. The summed E-state index contributed by atoms with van der Waals surface area (Å²) in [5.74, 6) is 0.0295. The number of nitrogens with zero attached hydrogens (tertiary/aromatic N) is 2. The van der Waals surface area contributed by atoms with Gasteiger partial charge in [0.1, 0.15) is 5.01 Å². The van der Waals surface area contributed by atoms with Gasteiger partial charge in [-0.3, -0.25) is 9.69 Å². The molecule has 24 heavy (non-hydrogen) atoms. The topological polar surface area (TPSA) is 45.2 Å². The SMILES string of the molecule is Cc1ccccc1CNC(=O)CN(C)Cc1nc2ccccc2s1. The molecule has 0 unspecified atom stereocenters. The van der Waals surface area contributed by atoms with E-state index in [1.807, 2.05) is 48.3 Å². The standard InChI is InChI=1S/C19H21N3OS/c1-14-7-3-4-8-15(14)11-20-18(23)12-22(2)13-19-21-16-9-5-6-10-17(16)24-19/h3-10H,11-13H2,1-2H3,(H,20,23). The number of rotatable bonds is 6. The number of hydrogen-bond acceptors (Lipinski definition) is 4. The van der Waals surface area contributed by atoms with Gasteiger partial charge in [-0.05, 0) is 37.2 Å². The molecule has 1 heterocycles. The highest BCUT2D eigenvalue weighted by atomic mass is 32.1. The van der Waals surface area contributed by atoms with Gasteiger partial charge in [0.05, 0.1) is 23.3 Å². The van der Waals surface area contributed by atoms with Gasteiger partial charge in [-0.15, -0.1) is 11.3 Å². The van der Waals surface area contributed by atoms with Crippen molar-refractivity contribution < 1.29 is 4.79 Å². The van der Waals surface area contributed by atoms with Gasteiger partial charge in [-0.25, -0.2) is 4.98 Å². The highest BCUT2D eigenvalue weighted by molar-refractivity contribution is 7.18. The number of amides is 1. The molecule has 3 rings (SSSR count). The fourth-order valence-electron chi connectivity index (χ4n) is 2.58. The average Bonchev–Trinajstić information content (AvgIpc) is 2.96. The first-order valence-electron chi connectivity index (χ1n) is 7.96. The Kier molecular flexibility index (Phi) is 5.23. The Balaban J connectivity index is 1.51. The maximum Gasteiger partial charge on any atom is 0.234 e. The number of para-hydroxylation sites is 1. The van der Waals surface area contributed by atoms with Crippen LogP contribution in [0.15, 0.2) is 48.5 Å². The molecule has 5 heteroatoms. The van der Waals surface area contributed by atoms with E-state index in [2.05, 4.69) is 29.4 Å². The van der Waals surface area contributed by atoms with Gasteiger partial charge in [0, 0.05) is 6.54 Å². The van der Waals surface area contributed by atoms with Gasteiger partial charge in [-0.1, -0.05) is 36.4 Å². The third kappa shape index (κ3) is 4.19. The minimum atomic E-state index is 0.0295. The monoisotopic (exact) mass is 339 g/mol. The predicted molar refractivity (Wildman–Crippen MR) is 99.0 cm³/mol. The average molecular weight is 339 g/mol. The lowest BCUT2D eigenvalue weighted by atomic mass is 10.1. The third-order valence-electron chi connectivity index (χ3n) is 3.89. The van der Waals surface area contributed by atoms with Crippen molar-refractivity contribution in [1.82, 2.24) is 15.2 Å². The predicted octanol–water partition coefficient (Wildman–Crippen LogP) is 3.35. The van der Waals surface area contributed by atoms with E-state index in [0.29, 0.717) is 19.6 Å². The van der Waals surface area contributed by atoms with Crippen LogP contribution in [0.5, 0.6) is 0 Å². The highest BCUT2D eigenvalue weighted by Crippen LogP contribution is 2.22. The molecular weight excluding hydrogens is 318 g/mol. The Hall–Kier alpha value is -2.24. The molecule has 3 aromatic rings. The van der Waals surface area contributed by atoms with Crippen molar-refractivity contribution in [3.63, 3.8) is 0 Å². The Morgan fingerprint density at radius 1 is 1.17 bits per heavy atom. The van der Waals surface area contributed by atoms with Crippen LogP contribution in [0.1, 0.15) is 16.1 Å². The van der Waals surface area contributed by atoms with Crippen LogP contribution in [-0.2, 0) is 17.9 Å². The van der Waals surface area contributed by atoms with E-state index in [0.717, 1.165) is 16.1 Å². The van der Waals surface area contributed by atoms with Crippen molar-refractivity contribution in [3.8, 4) is 0 Å². The number of thiazole rings is 1. The zero-order valence-corrected chi connectivity index (χ0v) is 14.8. The minimum absolute atomic E-state index is 0.0295. The maximum absolute atomic E-state index is 12.1. The smallest absolute Gasteiger partial charge is 0.234 e. The van der Waals surface area contributed by atoms with Gasteiger partial charge in [0.2, 0.25) is 5.91 Å². The van der Waals surface area contributed by atoms with Crippen LogP contribution >= 0.6 is 11.3 Å².